The van der Waals surface area contributed by atoms with E-state index in [1.165, 1.54) is 6.08 Å². The van der Waals surface area contributed by atoms with E-state index in [0.717, 1.165) is 16.9 Å². The normalized spacial score (nSPS) is 11.1. The summed E-state index contributed by atoms with van der Waals surface area (Å²) in [5, 5.41) is 0. The second-order valence-electron chi connectivity index (χ2n) is 3.31. The van der Waals surface area contributed by atoms with Crippen molar-refractivity contribution in [2.75, 3.05) is 13.7 Å². The van der Waals surface area contributed by atoms with Crippen LogP contribution in [0.3, 0.4) is 0 Å². The van der Waals surface area contributed by atoms with Crippen molar-refractivity contribution in [3.63, 3.8) is 0 Å². The molecule has 1 aromatic rings. The minimum atomic E-state index is -0.317. The van der Waals surface area contributed by atoms with Crippen molar-refractivity contribution >= 4 is 11.5 Å². The highest BCUT2D eigenvalue weighted by atomic mass is 16.5. The van der Waals surface area contributed by atoms with E-state index in [0.29, 0.717) is 6.61 Å². The molecule has 0 saturated carbocycles. The number of carbonyl (C=O) groups is 1. The summed E-state index contributed by atoms with van der Waals surface area (Å²) >= 11 is 0. The molecule has 86 valence electrons. The third-order valence-electron chi connectivity index (χ3n) is 2.15. The fraction of sp³-hybridized carbons (Fsp3) is 0.308. The van der Waals surface area contributed by atoms with Gasteiger partial charge in [0.1, 0.15) is 5.75 Å². The molecule has 0 aliphatic rings. The number of hydrogen-bond acceptors (Lipinski definition) is 3. The van der Waals surface area contributed by atoms with Gasteiger partial charge in [-0.25, -0.2) is 4.79 Å². The van der Waals surface area contributed by atoms with Crippen molar-refractivity contribution in [1.29, 1.82) is 0 Å². The van der Waals surface area contributed by atoms with Crippen LogP contribution in [-0.2, 0) is 9.53 Å². The zero-order valence-electron chi connectivity index (χ0n) is 9.82. The van der Waals surface area contributed by atoms with Crippen molar-refractivity contribution in [2.45, 2.75) is 13.8 Å². The van der Waals surface area contributed by atoms with Gasteiger partial charge in [0.15, 0.2) is 0 Å². The molecule has 0 fully saturated rings. The van der Waals surface area contributed by atoms with Crippen LogP contribution < -0.4 is 4.74 Å². The maximum atomic E-state index is 11.3. The SMILES string of the molecule is CCOC(=O)C=C(C)c1cccc(OC)c1. The Morgan fingerprint density at radius 2 is 2.19 bits per heavy atom. The molecule has 0 aromatic heterocycles. The van der Waals surface area contributed by atoms with Crippen molar-refractivity contribution in [2.24, 2.45) is 0 Å². The third kappa shape index (κ3) is 3.42. The topological polar surface area (TPSA) is 35.5 Å². The van der Waals surface area contributed by atoms with E-state index in [1.807, 2.05) is 31.2 Å². The lowest BCUT2D eigenvalue weighted by Gasteiger charge is -2.04. The van der Waals surface area contributed by atoms with E-state index in [2.05, 4.69) is 0 Å². The molecule has 1 aromatic carbocycles. The Morgan fingerprint density at radius 3 is 2.81 bits per heavy atom. The van der Waals surface area contributed by atoms with E-state index in [9.17, 15) is 4.79 Å². The maximum Gasteiger partial charge on any atom is 0.331 e. The van der Waals surface area contributed by atoms with Crippen LogP contribution in [0.4, 0.5) is 0 Å². The van der Waals surface area contributed by atoms with Gasteiger partial charge in [0.05, 0.1) is 13.7 Å². The van der Waals surface area contributed by atoms with Crippen molar-refractivity contribution in [3.8, 4) is 5.75 Å². The fourth-order valence-corrected chi connectivity index (χ4v) is 1.31. The summed E-state index contributed by atoms with van der Waals surface area (Å²) in [5.41, 5.74) is 1.81. The highest BCUT2D eigenvalue weighted by Crippen LogP contribution is 2.19. The highest BCUT2D eigenvalue weighted by molar-refractivity contribution is 5.90. The summed E-state index contributed by atoms with van der Waals surface area (Å²) in [6, 6.07) is 7.55. The lowest BCUT2D eigenvalue weighted by Crippen LogP contribution is -2.00. The van der Waals surface area contributed by atoms with Gasteiger partial charge in [-0.2, -0.15) is 0 Å². The molecule has 0 amide bonds. The largest absolute Gasteiger partial charge is 0.497 e. The van der Waals surface area contributed by atoms with Gasteiger partial charge >= 0.3 is 5.97 Å². The molecule has 3 nitrogen and oxygen atoms in total. The molecule has 0 saturated heterocycles. The van der Waals surface area contributed by atoms with Gasteiger partial charge in [0, 0.05) is 6.08 Å². The Kier molecular flexibility index (Phi) is 4.58. The second-order valence-corrected chi connectivity index (χ2v) is 3.31. The summed E-state index contributed by atoms with van der Waals surface area (Å²) in [6.07, 6.45) is 1.48. The zero-order valence-corrected chi connectivity index (χ0v) is 9.82. The molecule has 0 unspecified atom stereocenters. The average Bonchev–Trinajstić information content (AvgIpc) is 2.29. The number of ether oxygens (including phenoxy) is 2. The predicted octanol–water partition coefficient (Wildman–Crippen LogP) is 2.66. The summed E-state index contributed by atoms with van der Waals surface area (Å²) in [4.78, 5) is 11.3. The Bertz CT molecular complexity index is 394. The molecule has 16 heavy (non-hydrogen) atoms. The first-order valence-electron chi connectivity index (χ1n) is 5.17. The van der Waals surface area contributed by atoms with Gasteiger partial charge in [-0.15, -0.1) is 0 Å². The Balaban J connectivity index is 2.86. The summed E-state index contributed by atoms with van der Waals surface area (Å²) in [5.74, 6) is 0.455. The van der Waals surface area contributed by atoms with E-state index in [1.54, 1.807) is 14.0 Å². The molecule has 0 spiro atoms. The van der Waals surface area contributed by atoms with Crippen LogP contribution >= 0.6 is 0 Å². The van der Waals surface area contributed by atoms with Gasteiger partial charge in [0.2, 0.25) is 0 Å². The molecule has 0 heterocycles. The zero-order chi connectivity index (χ0) is 12.0. The van der Waals surface area contributed by atoms with E-state index in [-0.39, 0.29) is 5.97 Å². The predicted molar refractivity (Wildman–Crippen MR) is 63.3 cm³/mol. The van der Waals surface area contributed by atoms with Gasteiger partial charge in [0.25, 0.3) is 0 Å². The Hall–Kier alpha value is -1.77. The number of carbonyl (C=O) groups excluding carboxylic acids is 1. The van der Waals surface area contributed by atoms with Crippen LogP contribution in [0.1, 0.15) is 19.4 Å². The van der Waals surface area contributed by atoms with Crippen LogP contribution in [0.15, 0.2) is 30.3 Å². The molecule has 3 heteroatoms. The Labute approximate surface area is 95.7 Å². The van der Waals surface area contributed by atoms with Gasteiger partial charge in [-0.3, -0.25) is 0 Å². The highest BCUT2D eigenvalue weighted by Gasteiger charge is 2.01. The quantitative estimate of drug-likeness (QED) is 0.578. The van der Waals surface area contributed by atoms with Crippen molar-refractivity contribution in [3.05, 3.63) is 35.9 Å². The number of rotatable bonds is 4. The van der Waals surface area contributed by atoms with E-state index >= 15 is 0 Å². The van der Waals surface area contributed by atoms with Crippen LogP contribution in [0.2, 0.25) is 0 Å². The van der Waals surface area contributed by atoms with Gasteiger partial charge in [-0.05, 0) is 37.1 Å². The van der Waals surface area contributed by atoms with Crippen LogP contribution in [-0.4, -0.2) is 19.7 Å². The first kappa shape index (κ1) is 12.3. The molecule has 0 N–H and O–H groups in total. The standard InChI is InChI=1S/C13H16O3/c1-4-16-13(14)8-10(2)11-6-5-7-12(9-11)15-3/h5-9H,4H2,1-3H3. The molecule has 0 atom stereocenters. The molecule has 0 radical (unpaired) electrons. The average molecular weight is 220 g/mol. The molecular formula is C13H16O3. The Morgan fingerprint density at radius 1 is 1.44 bits per heavy atom. The van der Waals surface area contributed by atoms with Crippen LogP contribution in [0, 0.1) is 0 Å². The van der Waals surface area contributed by atoms with Crippen LogP contribution in [0.25, 0.3) is 5.57 Å². The number of hydrogen-bond donors (Lipinski definition) is 0. The maximum absolute atomic E-state index is 11.3. The van der Waals surface area contributed by atoms with Crippen LogP contribution in [0.5, 0.6) is 5.75 Å². The van der Waals surface area contributed by atoms with E-state index in [4.69, 9.17) is 9.47 Å². The molecule has 0 aliphatic carbocycles. The molecule has 0 bridgehead atoms. The van der Waals surface area contributed by atoms with Gasteiger partial charge < -0.3 is 9.47 Å². The first-order chi connectivity index (χ1) is 7.67. The second kappa shape index (κ2) is 5.95. The number of methoxy groups -OCH3 is 1. The minimum absolute atomic E-state index is 0.317. The number of benzene rings is 1. The number of esters is 1. The number of allylic oxidation sites excluding steroid dienone is 1. The summed E-state index contributed by atoms with van der Waals surface area (Å²) < 4.78 is 9.96. The molecular weight excluding hydrogens is 204 g/mol. The van der Waals surface area contributed by atoms with Crippen molar-refractivity contribution < 1.29 is 14.3 Å². The summed E-state index contributed by atoms with van der Waals surface area (Å²) in [6.45, 7) is 4.04. The fourth-order valence-electron chi connectivity index (χ4n) is 1.31. The summed E-state index contributed by atoms with van der Waals surface area (Å²) in [7, 11) is 1.61. The smallest absolute Gasteiger partial charge is 0.331 e. The third-order valence-corrected chi connectivity index (χ3v) is 2.15. The van der Waals surface area contributed by atoms with Gasteiger partial charge in [-0.1, -0.05) is 12.1 Å². The first-order valence-corrected chi connectivity index (χ1v) is 5.17. The van der Waals surface area contributed by atoms with E-state index < -0.39 is 0 Å². The molecule has 1 rings (SSSR count). The van der Waals surface area contributed by atoms with Crippen molar-refractivity contribution in [1.82, 2.24) is 0 Å². The lowest BCUT2D eigenvalue weighted by atomic mass is 10.1. The monoisotopic (exact) mass is 220 g/mol. The minimum Gasteiger partial charge on any atom is -0.497 e. The molecule has 0 aliphatic heterocycles. The lowest BCUT2D eigenvalue weighted by molar-refractivity contribution is -0.137.